The van der Waals surface area contributed by atoms with E-state index in [0.29, 0.717) is 21.7 Å². The molecule has 5 rings (SSSR count). The van der Waals surface area contributed by atoms with Gasteiger partial charge in [0.25, 0.3) is 10.0 Å². The molecule has 0 saturated carbocycles. The lowest BCUT2D eigenvalue weighted by molar-refractivity contribution is -0.123. The maximum absolute atomic E-state index is 15.6. The third-order valence-electron chi connectivity index (χ3n) is 6.04. The molecular weight excluding hydrogens is 524 g/mol. The zero-order valence-corrected chi connectivity index (χ0v) is 22.0. The van der Waals surface area contributed by atoms with Gasteiger partial charge >= 0.3 is 0 Å². The first kappa shape index (κ1) is 26.1. The molecule has 0 aliphatic carbocycles. The van der Waals surface area contributed by atoms with Crippen LogP contribution in [0, 0.1) is 17.0 Å². The number of sulfonamides is 1. The topological polar surface area (TPSA) is 114 Å². The van der Waals surface area contributed by atoms with Crippen molar-refractivity contribution in [1.82, 2.24) is 15.0 Å². The van der Waals surface area contributed by atoms with Crippen LogP contribution in [0.25, 0.3) is 32.8 Å². The highest BCUT2D eigenvalue weighted by atomic mass is 32.2. The summed E-state index contributed by atoms with van der Waals surface area (Å²) in [5.74, 6) is -2.11. The van der Waals surface area contributed by atoms with Crippen LogP contribution in [-0.4, -0.2) is 29.3 Å². The number of benzene rings is 3. The predicted molar refractivity (Wildman–Crippen MR) is 146 cm³/mol. The van der Waals surface area contributed by atoms with Gasteiger partial charge in [0.2, 0.25) is 11.9 Å². The van der Waals surface area contributed by atoms with Gasteiger partial charge < -0.3 is 0 Å². The number of hydrogen-bond donors (Lipinski definition) is 2. The first-order valence-corrected chi connectivity index (χ1v) is 13.3. The zero-order chi connectivity index (χ0) is 27.9. The quantitative estimate of drug-likeness (QED) is 0.283. The Morgan fingerprint density at radius 1 is 0.949 bits per heavy atom. The molecule has 3 aromatic carbocycles. The largest absolute Gasteiger partial charge is 0.294 e. The molecule has 0 spiro atoms. The maximum Gasteiger partial charge on any atom is 0.262 e. The molecule has 0 saturated heterocycles. The number of carbonyl (C=O) groups is 1. The zero-order valence-electron chi connectivity index (χ0n) is 21.2. The Hall–Kier alpha value is -4.51. The molecule has 11 heteroatoms. The van der Waals surface area contributed by atoms with E-state index < -0.39 is 38.3 Å². The van der Waals surface area contributed by atoms with Crippen LogP contribution < -0.4 is 10.0 Å². The fourth-order valence-electron chi connectivity index (χ4n) is 3.96. The number of nitrogens with one attached hydrogen (secondary N) is 2. The molecule has 198 valence electrons. The molecule has 5 aromatic rings. The van der Waals surface area contributed by atoms with Gasteiger partial charge in [-0.25, -0.2) is 27.2 Å². The summed E-state index contributed by atoms with van der Waals surface area (Å²) in [5.41, 5.74) is -0.862. The van der Waals surface area contributed by atoms with Gasteiger partial charge in [0, 0.05) is 40.2 Å². The number of pyridine rings is 1. The van der Waals surface area contributed by atoms with Gasteiger partial charge in [-0.15, -0.1) is 0 Å². The Balaban J connectivity index is 1.50. The first-order valence-electron chi connectivity index (χ1n) is 11.9. The Bertz CT molecular complexity index is 1870. The molecule has 1 amide bonds. The monoisotopic (exact) mass is 547 g/mol. The van der Waals surface area contributed by atoms with Crippen LogP contribution in [-0.2, 0) is 14.8 Å². The normalized spacial score (nSPS) is 12.0. The molecule has 8 nitrogen and oxygen atoms in total. The van der Waals surface area contributed by atoms with Crippen molar-refractivity contribution in [3.05, 3.63) is 84.8 Å². The van der Waals surface area contributed by atoms with E-state index in [1.165, 1.54) is 36.8 Å². The minimum Gasteiger partial charge on any atom is -0.294 e. The van der Waals surface area contributed by atoms with Crippen molar-refractivity contribution in [2.45, 2.75) is 25.7 Å². The Morgan fingerprint density at radius 2 is 1.74 bits per heavy atom. The van der Waals surface area contributed by atoms with E-state index in [-0.39, 0.29) is 22.3 Å². The SMILES string of the molecule is CC(C)(C)C(=O)Nc1ncc2cc(-c3c(F)ccc(NS(=O)(=O)c4cccc5cnccc45)c3F)ccc2n1. The van der Waals surface area contributed by atoms with Crippen LogP contribution >= 0.6 is 0 Å². The summed E-state index contributed by atoms with van der Waals surface area (Å²) in [4.78, 5) is 24.6. The highest BCUT2D eigenvalue weighted by molar-refractivity contribution is 7.93. The third kappa shape index (κ3) is 5.13. The van der Waals surface area contributed by atoms with Crippen LogP contribution in [0.5, 0.6) is 0 Å². The van der Waals surface area contributed by atoms with Gasteiger partial charge in [-0.05, 0) is 42.0 Å². The van der Waals surface area contributed by atoms with Crippen molar-refractivity contribution in [2.24, 2.45) is 5.41 Å². The lowest BCUT2D eigenvalue weighted by atomic mass is 9.96. The smallest absolute Gasteiger partial charge is 0.262 e. The highest BCUT2D eigenvalue weighted by Gasteiger charge is 2.24. The number of carbonyl (C=O) groups excluding carboxylic acids is 1. The summed E-state index contributed by atoms with van der Waals surface area (Å²) in [6.07, 6.45) is 4.42. The molecule has 0 aliphatic heterocycles. The third-order valence-corrected chi connectivity index (χ3v) is 7.46. The van der Waals surface area contributed by atoms with E-state index in [2.05, 4.69) is 25.0 Å². The molecule has 2 aromatic heterocycles. The van der Waals surface area contributed by atoms with Crippen LogP contribution in [0.15, 0.2) is 78.1 Å². The number of fused-ring (bicyclic) bond motifs is 2. The number of amides is 1. The van der Waals surface area contributed by atoms with E-state index in [9.17, 15) is 17.6 Å². The van der Waals surface area contributed by atoms with Gasteiger partial charge in [-0.1, -0.05) is 39.0 Å². The molecule has 39 heavy (non-hydrogen) atoms. The summed E-state index contributed by atoms with van der Waals surface area (Å²) in [6.45, 7) is 5.27. The standard InChI is InChI=1S/C28H23F2N5O3S/c1-28(2,3)26(36)34-27-32-15-18-13-16(7-9-21(18)33-27)24-20(29)8-10-22(25(24)30)35-39(37,38)23-6-4-5-17-14-31-12-11-19(17)23/h4-15,35H,1-3H3,(H,32,33,34,36). The number of aromatic nitrogens is 3. The Morgan fingerprint density at radius 3 is 2.51 bits per heavy atom. The fraction of sp³-hybridized carbons (Fsp3) is 0.143. The van der Waals surface area contributed by atoms with E-state index in [0.717, 1.165) is 12.1 Å². The van der Waals surface area contributed by atoms with E-state index in [4.69, 9.17) is 0 Å². The van der Waals surface area contributed by atoms with Gasteiger partial charge in [-0.2, -0.15) is 0 Å². The number of anilines is 2. The van der Waals surface area contributed by atoms with E-state index in [1.54, 1.807) is 45.0 Å². The number of hydrogen-bond acceptors (Lipinski definition) is 6. The summed E-state index contributed by atoms with van der Waals surface area (Å²) in [6, 6.07) is 12.7. The minimum atomic E-state index is -4.23. The Labute approximate surface area is 223 Å². The van der Waals surface area contributed by atoms with Crippen LogP contribution in [0.2, 0.25) is 0 Å². The molecule has 0 unspecified atom stereocenters. The van der Waals surface area contributed by atoms with Crippen molar-refractivity contribution >= 4 is 49.2 Å². The minimum absolute atomic E-state index is 0.0649. The van der Waals surface area contributed by atoms with Crippen molar-refractivity contribution in [3.63, 3.8) is 0 Å². The van der Waals surface area contributed by atoms with Gasteiger partial charge in [0.05, 0.1) is 21.7 Å². The predicted octanol–water partition coefficient (Wildman–Crippen LogP) is 5.91. The van der Waals surface area contributed by atoms with Crippen LogP contribution in [0.3, 0.4) is 0 Å². The van der Waals surface area contributed by atoms with Gasteiger partial charge in [0.1, 0.15) is 5.82 Å². The summed E-state index contributed by atoms with van der Waals surface area (Å²) in [7, 11) is -4.23. The van der Waals surface area contributed by atoms with Gasteiger partial charge in [-0.3, -0.25) is 19.8 Å². The van der Waals surface area contributed by atoms with Crippen molar-refractivity contribution in [2.75, 3.05) is 10.0 Å². The number of nitrogens with zero attached hydrogens (tertiary/aromatic N) is 3. The molecule has 0 radical (unpaired) electrons. The summed E-state index contributed by atoms with van der Waals surface area (Å²) in [5, 5.41) is 4.12. The second-order valence-corrected chi connectivity index (χ2v) is 11.6. The average Bonchev–Trinajstić information content (AvgIpc) is 2.89. The van der Waals surface area contributed by atoms with Crippen molar-refractivity contribution < 1.29 is 22.0 Å². The van der Waals surface area contributed by atoms with Crippen LogP contribution in [0.1, 0.15) is 20.8 Å². The van der Waals surface area contributed by atoms with Crippen molar-refractivity contribution in [3.8, 4) is 11.1 Å². The summed E-state index contributed by atoms with van der Waals surface area (Å²) < 4.78 is 59.2. The maximum atomic E-state index is 15.6. The highest BCUT2D eigenvalue weighted by Crippen LogP contribution is 2.34. The second kappa shape index (κ2) is 9.66. The fourth-order valence-corrected chi connectivity index (χ4v) is 5.25. The first-order chi connectivity index (χ1) is 18.4. The molecule has 2 heterocycles. The Kier molecular flexibility index (Phi) is 6.47. The molecule has 2 N–H and O–H groups in total. The molecule has 0 bridgehead atoms. The van der Waals surface area contributed by atoms with E-state index in [1.807, 2.05) is 0 Å². The molecule has 0 aliphatic rings. The second-order valence-electron chi connectivity index (χ2n) is 9.91. The molecule has 0 atom stereocenters. The lowest BCUT2D eigenvalue weighted by Gasteiger charge is -2.16. The molecule has 0 fully saturated rings. The summed E-state index contributed by atoms with van der Waals surface area (Å²) >= 11 is 0. The average molecular weight is 548 g/mol. The number of rotatable bonds is 5. The van der Waals surface area contributed by atoms with E-state index >= 15 is 4.39 Å². The number of halogens is 2. The molecular formula is C28H23F2N5O3S. The van der Waals surface area contributed by atoms with Gasteiger partial charge in [0.15, 0.2) is 5.82 Å². The van der Waals surface area contributed by atoms with Crippen LogP contribution in [0.4, 0.5) is 20.4 Å². The lowest BCUT2D eigenvalue weighted by Crippen LogP contribution is -2.28. The van der Waals surface area contributed by atoms with Crippen molar-refractivity contribution in [1.29, 1.82) is 0 Å².